The molecular formula is C25H21NO7. The SMILES string of the molecule is COc1ccc(C(=O)C2=C3C(=O)Oc4ccccc4N3C(=O)C2(O)C2CCCCC2=O)cc1. The average Bonchev–Trinajstić information content (AvgIpc) is 3.08. The van der Waals surface area contributed by atoms with Crippen molar-refractivity contribution < 1.29 is 33.8 Å². The van der Waals surface area contributed by atoms with E-state index in [2.05, 4.69) is 0 Å². The zero-order valence-electron chi connectivity index (χ0n) is 17.9. The van der Waals surface area contributed by atoms with E-state index < -0.39 is 34.8 Å². The van der Waals surface area contributed by atoms with Gasteiger partial charge in [0.05, 0.1) is 24.3 Å². The molecule has 168 valence electrons. The summed E-state index contributed by atoms with van der Waals surface area (Å²) in [6, 6.07) is 12.5. The van der Waals surface area contributed by atoms with Crippen molar-refractivity contribution in [2.75, 3.05) is 12.0 Å². The second-order valence-corrected chi connectivity index (χ2v) is 8.31. The lowest BCUT2D eigenvalue weighted by Crippen LogP contribution is -2.53. The number of carbonyl (C=O) groups excluding carboxylic acids is 4. The molecule has 33 heavy (non-hydrogen) atoms. The van der Waals surface area contributed by atoms with Crippen LogP contribution in [0.5, 0.6) is 11.5 Å². The molecule has 0 radical (unpaired) electrons. The van der Waals surface area contributed by atoms with Gasteiger partial charge in [0.25, 0.3) is 5.91 Å². The predicted molar refractivity (Wildman–Crippen MR) is 116 cm³/mol. The fourth-order valence-electron chi connectivity index (χ4n) is 4.89. The number of aliphatic hydroxyl groups is 1. The summed E-state index contributed by atoms with van der Waals surface area (Å²) >= 11 is 0. The minimum Gasteiger partial charge on any atom is -0.497 e. The molecule has 0 saturated heterocycles. The van der Waals surface area contributed by atoms with Crippen molar-refractivity contribution in [1.82, 2.24) is 0 Å². The van der Waals surface area contributed by atoms with Crippen LogP contribution in [-0.4, -0.2) is 41.3 Å². The number of rotatable bonds is 4. The number of Topliss-reactive ketones (excluding diaryl/α,β-unsaturated/α-hetero) is 2. The number of anilines is 1. The van der Waals surface area contributed by atoms with Crippen LogP contribution >= 0.6 is 0 Å². The molecule has 0 spiro atoms. The lowest BCUT2D eigenvalue weighted by molar-refractivity contribution is -0.145. The largest absolute Gasteiger partial charge is 0.497 e. The Morgan fingerprint density at radius 1 is 1.09 bits per heavy atom. The van der Waals surface area contributed by atoms with Gasteiger partial charge >= 0.3 is 5.97 Å². The maximum atomic E-state index is 13.8. The number of para-hydroxylation sites is 2. The van der Waals surface area contributed by atoms with Crippen LogP contribution in [0.2, 0.25) is 0 Å². The molecule has 8 heteroatoms. The van der Waals surface area contributed by atoms with Crippen molar-refractivity contribution in [3.8, 4) is 11.5 Å². The van der Waals surface area contributed by atoms with Crippen molar-refractivity contribution in [1.29, 1.82) is 0 Å². The Morgan fingerprint density at radius 2 is 1.82 bits per heavy atom. The van der Waals surface area contributed by atoms with E-state index >= 15 is 0 Å². The summed E-state index contributed by atoms with van der Waals surface area (Å²) in [7, 11) is 1.48. The third-order valence-electron chi connectivity index (χ3n) is 6.51. The summed E-state index contributed by atoms with van der Waals surface area (Å²) in [4.78, 5) is 54.4. The molecule has 2 aromatic carbocycles. The van der Waals surface area contributed by atoms with Gasteiger partial charge in [0.2, 0.25) is 0 Å². The van der Waals surface area contributed by atoms with Gasteiger partial charge in [-0.05, 0) is 49.2 Å². The van der Waals surface area contributed by atoms with Crippen LogP contribution in [0.4, 0.5) is 5.69 Å². The summed E-state index contributed by atoms with van der Waals surface area (Å²) in [5.74, 6) is -3.34. The van der Waals surface area contributed by atoms with Gasteiger partial charge < -0.3 is 14.6 Å². The third-order valence-corrected chi connectivity index (χ3v) is 6.51. The van der Waals surface area contributed by atoms with Gasteiger partial charge in [0.1, 0.15) is 17.2 Å². The van der Waals surface area contributed by atoms with Crippen LogP contribution in [0.25, 0.3) is 0 Å². The number of hydrogen-bond acceptors (Lipinski definition) is 7. The number of ether oxygens (including phenoxy) is 2. The van der Waals surface area contributed by atoms with Gasteiger partial charge in [-0.2, -0.15) is 0 Å². The van der Waals surface area contributed by atoms with E-state index in [-0.39, 0.29) is 41.3 Å². The minimum atomic E-state index is -2.47. The Bertz CT molecular complexity index is 1230. The molecule has 1 N–H and O–H groups in total. The first-order valence-corrected chi connectivity index (χ1v) is 10.7. The highest BCUT2D eigenvalue weighted by atomic mass is 16.5. The normalized spacial score (nSPS) is 24.4. The zero-order chi connectivity index (χ0) is 23.3. The van der Waals surface area contributed by atoms with E-state index in [0.29, 0.717) is 18.6 Å². The van der Waals surface area contributed by atoms with Crippen LogP contribution in [0.1, 0.15) is 36.0 Å². The van der Waals surface area contributed by atoms with Crippen LogP contribution in [0, 0.1) is 5.92 Å². The Balaban J connectivity index is 1.74. The van der Waals surface area contributed by atoms with E-state index in [9.17, 15) is 24.3 Å². The van der Waals surface area contributed by atoms with Gasteiger partial charge in [-0.1, -0.05) is 18.6 Å². The predicted octanol–water partition coefficient (Wildman–Crippen LogP) is 2.59. The summed E-state index contributed by atoms with van der Waals surface area (Å²) in [5, 5.41) is 11.9. The molecule has 1 aliphatic carbocycles. The van der Waals surface area contributed by atoms with Gasteiger partial charge in [-0.15, -0.1) is 0 Å². The van der Waals surface area contributed by atoms with Crippen molar-refractivity contribution in [2.45, 2.75) is 31.3 Å². The molecule has 2 atom stereocenters. The second-order valence-electron chi connectivity index (χ2n) is 8.31. The van der Waals surface area contributed by atoms with Crippen molar-refractivity contribution in [2.24, 2.45) is 5.92 Å². The lowest BCUT2D eigenvalue weighted by Gasteiger charge is -2.34. The first kappa shape index (κ1) is 21.1. The summed E-state index contributed by atoms with van der Waals surface area (Å²) in [5.41, 5.74) is -2.87. The number of amides is 1. The highest BCUT2D eigenvalue weighted by molar-refractivity contribution is 6.29. The Morgan fingerprint density at radius 3 is 2.52 bits per heavy atom. The number of esters is 1. The molecule has 0 bridgehead atoms. The molecular weight excluding hydrogens is 426 g/mol. The van der Waals surface area contributed by atoms with Crippen LogP contribution < -0.4 is 14.4 Å². The van der Waals surface area contributed by atoms with E-state index in [4.69, 9.17) is 9.47 Å². The van der Waals surface area contributed by atoms with Crippen LogP contribution in [0.3, 0.4) is 0 Å². The quantitative estimate of drug-likeness (QED) is 0.436. The molecule has 2 unspecified atom stereocenters. The molecule has 2 aliphatic heterocycles. The lowest BCUT2D eigenvalue weighted by atomic mass is 9.71. The fraction of sp³-hybridized carbons (Fsp3) is 0.280. The molecule has 1 amide bonds. The number of carbonyl (C=O) groups is 4. The standard InChI is InChI=1S/C25H21NO7/c1-32-15-12-10-14(11-13-15)22(28)20-21-23(29)33-19-9-5-3-7-17(19)26(21)24(30)25(20,31)16-6-2-4-8-18(16)27/h3,5,7,9-13,16,31H,2,4,6,8H2,1H3. The number of fused-ring (bicyclic) bond motifs is 3. The monoisotopic (exact) mass is 447 g/mol. The summed E-state index contributed by atoms with van der Waals surface area (Å²) in [6.07, 6.45) is 1.69. The summed E-state index contributed by atoms with van der Waals surface area (Å²) < 4.78 is 10.5. The van der Waals surface area contributed by atoms with E-state index in [1.807, 2.05) is 0 Å². The topological polar surface area (TPSA) is 110 Å². The number of nitrogens with zero attached hydrogens (tertiary/aromatic N) is 1. The molecule has 2 aromatic rings. The first-order valence-electron chi connectivity index (χ1n) is 10.7. The molecule has 5 rings (SSSR count). The van der Waals surface area contributed by atoms with Gasteiger partial charge in [-0.25, -0.2) is 4.79 Å². The second kappa shape index (κ2) is 7.67. The molecule has 0 aromatic heterocycles. The van der Waals surface area contributed by atoms with E-state index in [0.717, 1.165) is 4.90 Å². The molecule has 1 saturated carbocycles. The third kappa shape index (κ3) is 3.01. The Kier molecular flexibility index (Phi) is 4.90. The molecule has 2 heterocycles. The van der Waals surface area contributed by atoms with Gasteiger partial charge in [-0.3, -0.25) is 19.3 Å². The van der Waals surface area contributed by atoms with Gasteiger partial charge in [0.15, 0.2) is 17.1 Å². The number of benzene rings is 2. The molecule has 3 aliphatic rings. The van der Waals surface area contributed by atoms with Crippen molar-refractivity contribution in [3.63, 3.8) is 0 Å². The molecule has 1 fully saturated rings. The van der Waals surface area contributed by atoms with E-state index in [1.54, 1.807) is 30.3 Å². The first-order chi connectivity index (χ1) is 15.9. The van der Waals surface area contributed by atoms with Crippen molar-refractivity contribution >= 4 is 29.1 Å². The minimum absolute atomic E-state index is 0.134. The number of ketones is 2. The average molecular weight is 447 g/mol. The summed E-state index contributed by atoms with van der Waals surface area (Å²) in [6.45, 7) is 0. The van der Waals surface area contributed by atoms with E-state index in [1.165, 1.54) is 25.3 Å². The Hall–Kier alpha value is -3.78. The highest BCUT2D eigenvalue weighted by Gasteiger charge is 2.63. The number of hydrogen-bond donors (Lipinski definition) is 1. The zero-order valence-corrected chi connectivity index (χ0v) is 17.9. The van der Waals surface area contributed by atoms with Crippen LogP contribution in [-0.2, 0) is 14.4 Å². The smallest absolute Gasteiger partial charge is 0.361 e. The molecule has 8 nitrogen and oxygen atoms in total. The van der Waals surface area contributed by atoms with Crippen LogP contribution in [0.15, 0.2) is 59.8 Å². The Labute approximate surface area is 189 Å². The van der Waals surface area contributed by atoms with Gasteiger partial charge in [0, 0.05) is 12.0 Å². The maximum Gasteiger partial charge on any atom is 0.361 e. The number of methoxy groups -OCH3 is 1. The highest BCUT2D eigenvalue weighted by Crippen LogP contribution is 2.49. The van der Waals surface area contributed by atoms with Crippen molar-refractivity contribution in [3.05, 3.63) is 65.4 Å². The maximum absolute atomic E-state index is 13.8. The fourth-order valence-corrected chi connectivity index (χ4v) is 4.89.